The quantitative estimate of drug-likeness (QED) is 0.208. The van der Waals surface area contributed by atoms with Crippen LogP contribution in [0.2, 0.25) is 0 Å². The zero-order valence-electron chi connectivity index (χ0n) is 19.2. The van der Waals surface area contributed by atoms with Crippen molar-refractivity contribution in [3.05, 3.63) is 77.4 Å². The molecule has 0 aliphatic heterocycles. The first-order chi connectivity index (χ1) is 14.7. The van der Waals surface area contributed by atoms with Gasteiger partial charge in [0.2, 0.25) is 0 Å². The maximum absolute atomic E-state index is 6.40. The van der Waals surface area contributed by atoms with Crippen LogP contribution in [0.5, 0.6) is 0 Å². The van der Waals surface area contributed by atoms with Crippen LogP contribution in [0.4, 0.5) is 0 Å². The van der Waals surface area contributed by atoms with Gasteiger partial charge < -0.3 is 24.5 Å². The van der Waals surface area contributed by atoms with Crippen molar-refractivity contribution in [2.45, 2.75) is 40.7 Å². The van der Waals surface area contributed by atoms with E-state index in [1.54, 1.807) is 13.2 Å². The van der Waals surface area contributed by atoms with Gasteiger partial charge in [-0.15, -0.1) is 0 Å². The molecule has 0 bridgehead atoms. The molecule has 5 nitrogen and oxygen atoms in total. The monoisotopic (exact) mass is 444 g/mol. The molecule has 0 aliphatic rings. The van der Waals surface area contributed by atoms with Crippen LogP contribution in [-0.4, -0.2) is 24.9 Å². The number of methoxy groups -OCH3 is 1. The average Bonchev–Trinajstić information content (AvgIpc) is 3.03. The van der Waals surface area contributed by atoms with Crippen LogP contribution in [0, 0.1) is 18.8 Å². The summed E-state index contributed by atoms with van der Waals surface area (Å²) in [7, 11) is 1.62. The van der Waals surface area contributed by atoms with Gasteiger partial charge in [-0.1, -0.05) is 42.7 Å². The summed E-state index contributed by atoms with van der Waals surface area (Å²) < 4.78 is 18.0. The lowest BCUT2D eigenvalue weighted by Crippen LogP contribution is -2.13. The first-order valence-electron chi connectivity index (χ1n) is 9.98. The van der Waals surface area contributed by atoms with Gasteiger partial charge in [0.1, 0.15) is 12.4 Å². The molecule has 0 amide bonds. The van der Waals surface area contributed by atoms with E-state index < -0.39 is 0 Å². The summed E-state index contributed by atoms with van der Waals surface area (Å²) in [6, 6.07) is 0. The molecule has 1 aromatic heterocycles. The van der Waals surface area contributed by atoms with Crippen LogP contribution in [-0.2, 0) is 20.8 Å². The minimum atomic E-state index is 0.301. The van der Waals surface area contributed by atoms with E-state index in [9.17, 15) is 0 Å². The van der Waals surface area contributed by atoms with Crippen LogP contribution in [0.1, 0.15) is 44.0 Å². The molecule has 168 valence electrons. The molecule has 31 heavy (non-hydrogen) atoms. The molecule has 2 N–H and O–H groups in total. The Morgan fingerprint density at radius 1 is 1.29 bits per heavy atom. The maximum Gasteiger partial charge on any atom is 0.271 e. The normalized spacial score (nSPS) is 12.1. The number of hydrogen-bond donors (Lipinski definition) is 1. The Balaban J connectivity index is 3.12. The molecule has 1 aromatic rings. The van der Waals surface area contributed by atoms with E-state index in [1.165, 1.54) is 0 Å². The topological polar surface area (TPSA) is 58.6 Å². The highest BCUT2D eigenvalue weighted by Crippen LogP contribution is 2.27. The van der Waals surface area contributed by atoms with Crippen LogP contribution in [0.25, 0.3) is 5.03 Å². The minimum absolute atomic E-state index is 0.301. The predicted octanol–water partition coefficient (Wildman–Crippen LogP) is 5.61. The fraction of sp³-hybridized carbons (Fsp3) is 0.360. The summed E-state index contributed by atoms with van der Waals surface area (Å²) in [4.78, 5) is 0. The first-order valence-corrected chi connectivity index (χ1v) is 10.4. The lowest BCUT2D eigenvalue weighted by molar-refractivity contribution is 0.0452. The van der Waals surface area contributed by atoms with Crippen molar-refractivity contribution >= 4 is 16.6 Å². The third kappa shape index (κ3) is 7.34. The van der Waals surface area contributed by atoms with Gasteiger partial charge in [0.05, 0.1) is 25.8 Å². The molecule has 1 heterocycles. The number of hydrogen-bond acceptors (Lipinski definition) is 4. The van der Waals surface area contributed by atoms with Crippen LogP contribution in [0.3, 0.4) is 0 Å². The molecule has 0 radical (unpaired) electrons. The highest BCUT2D eigenvalue weighted by molar-refractivity contribution is 6.48. The number of ether oxygens (including phenoxy) is 3. The molecular weight excluding hydrogens is 412 g/mol. The summed E-state index contributed by atoms with van der Waals surface area (Å²) in [5.74, 6) is 7.27. The van der Waals surface area contributed by atoms with Gasteiger partial charge in [-0.05, 0) is 39.8 Å². The number of aromatic nitrogens is 1. The predicted molar refractivity (Wildman–Crippen MR) is 129 cm³/mol. The second-order valence-corrected chi connectivity index (χ2v) is 7.27. The molecule has 0 aromatic carbocycles. The van der Waals surface area contributed by atoms with Gasteiger partial charge >= 0.3 is 0 Å². The molecular formula is C25H33ClN2O3. The second-order valence-electron chi connectivity index (χ2n) is 6.81. The Kier molecular flexibility index (Phi) is 10.6. The largest absolute Gasteiger partial charge is 0.496 e. The van der Waals surface area contributed by atoms with Gasteiger partial charge in [0, 0.05) is 40.2 Å². The Labute approximate surface area is 191 Å². The molecule has 0 spiro atoms. The summed E-state index contributed by atoms with van der Waals surface area (Å²) in [5, 5.41) is 0.431. The number of allylic oxidation sites excluding steroid dienone is 4. The Hall–Kier alpha value is -2.97. The molecule has 6 heteroatoms. The fourth-order valence-corrected chi connectivity index (χ4v) is 3.22. The summed E-state index contributed by atoms with van der Waals surface area (Å²) >= 11 is 6.27. The van der Waals surface area contributed by atoms with Crippen molar-refractivity contribution in [3.8, 4) is 11.8 Å². The number of nitrogens with two attached hydrogens (primary N) is 1. The van der Waals surface area contributed by atoms with E-state index in [-0.39, 0.29) is 0 Å². The van der Waals surface area contributed by atoms with Crippen LogP contribution >= 0.6 is 11.6 Å². The highest BCUT2D eigenvalue weighted by Gasteiger charge is 2.15. The third-order valence-electron chi connectivity index (χ3n) is 4.67. The van der Waals surface area contributed by atoms with Gasteiger partial charge in [0.15, 0.2) is 0 Å². The van der Waals surface area contributed by atoms with E-state index in [2.05, 4.69) is 31.6 Å². The summed E-state index contributed by atoms with van der Waals surface area (Å²) in [5.41, 5.74) is 11.4. The lowest BCUT2D eigenvalue weighted by Gasteiger charge is -2.14. The van der Waals surface area contributed by atoms with Crippen molar-refractivity contribution in [1.82, 2.24) is 4.57 Å². The lowest BCUT2D eigenvalue weighted by atomic mass is 10.1. The maximum atomic E-state index is 6.40. The van der Waals surface area contributed by atoms with Crippen LogP contribution < -0.4 is 5.73 Å². The fourth-order valence-electron chi connectivity index (χ4n) is 2.98. The van der Waals surface area contributed by atoms with Crippen molar-refractivity contribution in [1.29, 1.82) is 0 Å². The molecule has 0 fully saturated rings. The Bertz CT molecular complexity index is 955. The minimum Gasteiger partial charge on any atom is -0.496 e. The van der Waals surface area contributed by atoms with Crippen molar-refractivity contribution in [2.75, 3.05) is 20.3 Å². The molecule has 0 saturated heterocycles. The molecule has 0 aliphatic carbocycles. The molecule has 0 atom stereocenters. The number of halogens is 1. The number of rotatable bonds is 11. The number of nitrogens with zero attached hydrogens (tertiary/aromatic N) is 1. The first kappa shape index (κ1) is 26.1. The molecule has 0 unspecified atom stereocenters. The van der Waals surface area contributed by atoms with Crippen molar-refractivity contribution < 1.29 is 14.2 Å². The van der Waals surface area contributed by atoms with Gasteiger partial charge in [-0.25, -0.2) is 0 Å². The standard InChI is InChI=1S/C25H33ClN2O3/c1-9-17(3)25(29-8)18(4)23(27)16-28-15-22(24(19(5)26)20(28)6)13-11-12-14-31-21(7)30-10-2/h9,15H,1,5,7,10,12,14,16,27H2,2-4,6,8H3/b23-18-,25-17+. The third-order valence-corrected chi connectivity index (χ3v) is 4.86. The molecule has 0 saturated carbocycles. The van der Waals surface area contributed by atoms with Crippen molar-refractivity contribution in [3.63, 3.8) is 0 Å². The van der Waals surface area contributed by atoms with Gasteiger partial charge in [0.25, 0.3) is 5.95 Å². The SMILES string of the molecule is C=C/C(C)=C(OC)\C(C)=C(/N)Cn1cc(C#CCCOC(=C)OCC)c(C(=C)Cl)c1C. The molecule has 1 rings (SSSR count). The van der Waals surface area contributed by atoms with E-state index >= 15 is 0 Å². The van der Waals surface area contributed by atoms with E-state index in [0.29, 0.717) is 48.6 Å². The Morgan fingerprint density at radius 3 is 2.52 bits per heavy atom. The van der Waals surface area contributed by atoms with Crippen molar-refractivity contribution in [2.24, 2.45) is 5.73 Å². The summed E-state index contributed by atoms with van der Waals surface area (Å²) in [6.45, 7) is 20.4. The van der Waals surface area contributed by atoms with Gasteiger partial charge in [-0.3, -0.25) is 0 Å². The zero-order chi connectivity index (χ0) is 23.6. The van der Waals surface area contributed by atoms with Crippen LogP contribution in [0.15, 0.2) is 60.6 Å². The second kappa shape index (κ2) is 12.7. The average molecular weight is 445 g/mol. The Morgan fingerprint density at radius 2 is 1.97 bits per heavy atom. The van der Waals surface area contributed by atoms with E-state index in [0.717, 1.165) is 28.0 Å². The summed E-state index contributed by atoms with van der Waals surface area (Å²) in [6.07, 6.45) is 4.20. The van der Waals surface area contributed by atoms with E-state index in [4.69, 9.17) is 31.5 Å². The zero-order valence-corrected chi connectivity index (χ0v) is 20.0. The highest BCUT2D eigenvalue weighted by atomic mass is 35.5. The smallest absolute Gasteiger partial charge is 0.271 e. The van der Waals surface area contributed by atoms with Gasteiger partial charge in [-0.2, -0.15) is 0 Å². The van der Waals surface area contributed by atoms with E-state index in [1.807, 2.05) is 38.5 Å².